The predicted octanol–water partition coefficient (Wildman–Crippen LogP) is 0.274. The van der Waals surface area contributed by atoms with Gasteiger partial charge < -0.3 is 5.21 Å². The number of fused-ring (bicyclic) bond motifs is 1. The number of rotatable bonds is 1. The minimum absolute atomic E-state index is 0.174. The SMILES string of the molecule is O=Cc1cccc2no[n+]([O-])c12. The van der Waals surface area contributed by atoms with Gasteiger partial charge in [-0.05, 0) is 17.0 Å². The molecule has 0 radical (unpaired) electrons. The summed E-state index contributed by atoms with van der Waals surface area (Å²) in [4.78, 5) is 10.7. The number of carbonyl (C=O) groups excluding carboxylic acids is 1. The van der Waals surface area contributed by atoms with Crippen LogP contribution in [0.15, 0.2) is 22.8 Å². The van der Waals surface area contributed by atoms with Crippen LogP contribution in [-0.2, 0) is 0 Å². The highest BCUT2D eigenvalue weighted by Gasteiger charge is 2.12. The van der Waals surface area contributed by atoms with Crippen molar-refractivity contribution in [3.63, 3.8) is 0 Å². The van der Waals surface area contributed by atoms with Crippen LogP contribution in [0.2, 0.25) is 0 Å². The highest BCUT2D eigenvalue weighted by molar-refractivity contribution is 5.91. The van der Waals surface area contributed by atoms with E-state index < -0.39 is 0 Å². The predicted molar refractivity (Wildman–Crippen MR) is 38.4 cm³/mol. The van der Waals surface area contributed by atoms with Gasteiger partial charge in [-0.1, -0.05) is 6.07 Å². The zero-order valence-corrected chi connectivity index (χ0v) is 5.93. The van der Waals surface area contributed by atoms with Crippen molar-refractivity contribution in [1.82, 2.24) is 5.16 Å². The third-order valence-corrected chi connectivity index (χ3v) is 1.57. The standard InChI is InChI=1S/C7H4N2O3/c10-4-5-2-1-3-6-7(5)9(11)12-8-6/h1-4H. The Hall–Kier alpha value is -1.91. The molecule has 12 heavy (non-hydrogen) atoms. The molecule has 0 bridgehead atoms. The fourth-order valence-corrected chi connectivity index (χ4v) is 1.04. The molecule has 1 heterocycles. The van der Waals surface area contributed by atoms with E-state index in [1.165, 1.54) is 6.07 Å². The fourth-order valence-electron chi connectivity index (χ4n) is 1.04. The van der Waals surface area contributed by atoms with Crippen LogP contribution >= 0.6 is 0 Å². The fraction of sp³-hybridized carbons (Fsp3) is 0. The lowest BCUT2D eigenvalue weighted by atomic mass is 10.2. The number of nitrogens with zero attached hydrogens (tertiary/aromatic N) is 2. The number of hydrogen-bond acceptors (Lipinski definition) is 4. The van der Waals surface area contributed by atoms with Crippen LogP contribution in [0.25, 0.3) is 11.0 Å². The first-order chi connectivity index (χ1) is 5.83. The van der Waals surface area contributed by atoms with Crippen molar-refractivity contribution in [2.45, 2.75) is 0 Å². The second-order valence-electron chi connectivity index (χ2n) is 2.26. The maximum Gasteiger partial charge on any atom is 0.249 e. The first-order valence-electron chi connectivity index (χ1n) is 3.26. The maximum atomic E-state index is 10.9. The Kier molecular flexibility index (Phi) is 1.30. The minimum atomic E-state index is 0.174. The van der Waals surface area contributed by atoms with Gasteiger partial charge in [0, 0.05) is 5.16 Å². The van der Waals surface area contributed by atoms with E-state index >= 15 is 0 Å². The molecule has 60 valence electrons. The molecule has 0 aliphatic heterocycles. The number of carbonyl (C=O) groups is 1. The number of benzene rings is 1. The second kappa shape index (κ2) is 2.30. The smallest absolute Gasteiger partial charge is 0.249 e. The van der Waals surface area contributed by atoms with Crippen molar-refractivity contribution in [3.8, 4) is 0 Å². The van der Waals surface area contributed by atoms with Gasteiger partial charge in [0.1, 0.15) is 0 Å². The van der Waals surface area contributed by atoms with Crippen LogP contribution in [0.1, 0.15) is 10.4 Å². The normalized spacial score (nSPS) is 10.3. The summed E-state index contributed by atoms with van der Waals surface area (Å²) in [6, 6.07) is 4.76. The molecule has 1 aromatic carbocycles. The van der Waals surface area contributed by atoms with E-state index in [0.29, 0.717) is 11.8 Å². The van der Waals surface area contributed by atoms with Gasteiger partial charge in [0.25, 0.3) is 0 Å². The van der Waals surface area contributed by atoms with Gasteiger partial charge in [0.2, 0.25) is 11.0 Å². The highest BCUT2D eigenvalue weighted by Crippen LogP contribution is 2.10. The summed E-state index contributed by atoms with van der Waals surface area (Å²) in [6.07, 6.45) is 0.591. The van der Waals surface area contributed by atoms with Gasteiger partial charge in [-0.15, -0.1) is 0 Å². The highest BCUT2D eigenvalue weighted by atomic mass is 16.8. The molecule has 5 nitrogen and oxygen atoms in total. The summed E-state index contributed by atoms with van der Waals surface area (Å²) in [5.41, 5.74) is 0.839. The van der Waals surface area contributed by atoms with Crippen LogP contribution in [-0.4, -0.2) is 11.4 Å². The maximum absolute atomic E-state index is 10.9. The molecular formula is C7H4N2O3. The van der Waals surface area contributed by atoms with Crippen molar-refractivity contribution in [2.75, 3.05) is 0 Å². The van der Waals surface area contributed by atoms with E-state index in [0.717, 1.165) is 0 Å². The Morgan fingerprint density at radius 1 is 1.58 bits per heavy atom. The molecule has 0 atom stereocenters. The monoisotopic (exact) mass is 164 g/mol. The van der Waals surface area contributed by atoms with Crippen molar-refractivity contribution in [3.05, 3.63) is 29.0 Å². The molecule has 0 fully saturated rings. The van der Waals surface area contributed by atoms with Crippen molar-refractivity contribution < 1.29 is 14.3 Å². The summed E-state index contributed by atoms with van der Waals surface area (Å²) >= 11 is 0. The first-order valence-corrected chi connectivity index (χ1v) is 3.26. The second-order valence-corrected chi connectivity index (χ2v) is 2.26. The lowest BCUT2D eigenvalue weighted by Gasteiger charge is -1.88. The zero-order valence-electron chi connectivity index (χ0n) is 5.93. The van der Waals surface area contributed by atoms with E-state index in [2.05, 4.69) is 9.79 Å². The van der Waals surface area contributed by atoms with Gasteiger partial charge >= 0.3 is 0 Å². The number of aldehydes is 1. The molecule has 0 saturated heterocycles. The Morgan fingerprint density at radius 3 is 3.17 bits per heavy atom. The number of para-hydroxylation sites is 1. The molecule has 0 aliphatic rings. The average molecular weight is 164 g/mol. The van der Waals surface area contributed by atoms with Gasteiger partial charge in [-0.2, -0.15) is 0 Å². The summed E-state index contributed by atoms with van der Waals surface area (Å²) in [5.74, 6) is 0. The Balaban J connectivity index is 2.93. The molecule has 0 N–H and O–H groups in total. The molecule has 2 rings (SSSR count). The topological polar surface area (TPSA) is 70.0 Å². The molecular weight excluding hydrogens is 160 g/mol. The third-order valence-electron chi connectivity index (χ3n) is 1.57. The average Bonchev–Trinajstić information content (AvgIpc) is 2.48. The minimum Gasteiger partial charge on any atom is -0.359 e. The quantitative estimate of drug-likeness (QED) is 0.448. The molecule has 5 heteroatoms. The van der Waals surface area contributed by atoms with E-state index in [4.69, 9.17) is 0 Å². The van der Waals surface area contributed by atoms with E-state index in [9.17, 15) is 10.0 Å². The van der Waals surface area contributed by atoms with Crippen LogP contribution in [0.3, 0.4) is 0 Å². The van der Waals surface area contributed by atoms with E-state index in [1.54, 1.807) is 12.1 Å². The van der Waals surface area contributed by atoms with Crippen LogP contribution < -0.4 is 4.90 Å². The molecule has 0 unspecified atom stereocenters. The van der Waals surface area contributed by atoms with Gasteiger partial charge in [-0.3, -0.25) is 9.42 Å². The van der Waals surface area contributed by atoms with Gasteiger partial charge in [-0.25, -0.2) is 0 Å². The number of hydrogen-bond donors (Lipinski definition) is 0. The van der Waals surface area contributed by atoms with Gasteiger partial charge in [0.15, 0.2) is 6.29 Å². The summed E-state index contributed by atoms with van der Waals surface area (Å²) in [5, 5.41) is 14.3. The molecule has 1 aromatic heterocycles. The van der Waals surface area contributed by atoms with Gasteiger partial charge in [0.05, 0.1) is 5.56 Å². The summed E-state index contributed by atoms with van der Waals surface area (Å²) < 4.78 is 4.31. The lowest BCUT2D eigenvalue weighted by Crippen LogP contribution is -2.23. The Labute approximate surface area is 66.7 Å². The van der Waals surface area contributed by atoms with Crippen molar-refractivity contribution in [2.24, 2.45) is 0 Å². The summed E-state index contributed by atoms with van der Waals surface area (Å²) in [6.45, 7) is 0. The largest absolute Gasteiger partial charge is 0.359 e. The Morgan fingerprint density at radius 2 is 2.42 bits per heavy atom. The molecule has 0 spiro atoms. The van der Waals surface area contributed by atoms with Crippen LogP contribution in [0, 0.1) is 5.21 Å². The van der Waals surface area contributed by atoms with Crippen molar-refractivity contribution >= 4 is 17.3 Å². The third kappa shape index (κ3) is 0.763. The molecule has 0 aliphatic carbocycles. The van der Waals surface area contributed by atoms with Crippen molar-refractivity contribution in [1.29, 1.82) is 0 Å². The summed E-state index contributed by atoms with van der Waals surface area (Å²) in [7, 11) is 0. The molecule has 0 saturated carbocycles. The van der Waals surface area contributed by atoms with E-state index in [-0.39, 0.29) is 16.0 Å². The molecule has 2 aromatic rings. The number of aromatic nitrogens is 2. The Bertz CT molecular complexity index is 435. The van der Waals surface area contributed by atoms with E-state index in [1.807, 2.05) is 0 Å². The van der Waals surface area contributed by atoms with Crippen LogP contribution in [0.4, 0.5) is 0 Å². The molecule has 0 amide bonds. The lowest BCUT2D eigenvalue weighted by molar-refractivity contribution is -0.782. The zero-order chi connectivity index (χ0) is 8.55. The van der Waals surface area contributed by atoms with Crippen LogP contribution in [0.5, 0.6) is 0 Å². The first kappa shape index (κ1) is 6.78.